The molecule has 1 N–H and O–H groups in total. The van der Waals surface area contributed by atoms with E-state index in [-0.39, 0.29) is 17.7 Å². The van der Waals surface area contributed by atoms with Crippen LogP contribution in [0.5, 0.6) is 0 Å². The lowest BCUT2D eigenvalue weighted by Gasteiger charge is -2.36. The molecule has 2 saturated heterocycles. The van der Waals surface area contributed by atoms with Crippen molar-refractivity contribution in [1.82, 2.24) is 30.1 Å². The minimum Gasteiger partial charge on any atom is -0.376 e. The van der Waals surface area contributed by atoms with Gasteiger partial charge < -0.3 is 9.72 Å². The smallest absolute Gasteiger partial charge is 0.253 e. The van der Waals surface area contributed by atoms with Gasteiger partial charge in [-0.25, -0.2) is 4.68 Å². The summed E-state index contributed by atoms with van der Waals surface area (Å²) < 4.78 is 7.69. The zero-order valence-corrected chi connectivity index (χ0v) is 19.2. The lowest BCUT2D eigenvalue weighted by molar-refractivity contribution is 0.0889. The fraction of sp³-hybridized carbons (Fsp3) is 0.583. The number of aryl methyl sites for hydroxylation is 2. The minimum absolute atomic E-state index is 0.0684. The number of H-pyrrole nitrogens is 1. The van der Waals surface area contributed by atoms with Crippen LogP contribution in [0.25, 0.3) is 10.9 Å². The van der Waals surface area contributed by atoms with Crippen LogP contribution in [0.4, 0.5) is 0 Å². The molecule has 5 rings (SSSR count). The second kappa shape index (κ2) is 8.75. The number of rotatable bonds is 5. The van der Waals surface area contributed by atoms with Crippen molar-refractivity contribution in [3.63, 3.8) is 0 Å². The molecule has 2 aliphatic rings. The van der Waals surface area contributed by atoms with E-state index < -0.39 is 0 Å². The summed E-state index contributed by atoms with van der Waals surface area (Å²) >= 11 is 0. The summed E-state index contributed by atoms with van der Waals surface area (Å²) in [4.78, 5) is 19.0. The van der Waals surface area contributed by atoms with Crippen molar-refractivity contribution in [3.8, 4) is 0 Å². The van der Waals surface area contributed by atoms with Crippen LogP contribution in [0.2, 0.25) is 0 Å². The fourth-order valence-corrected chi connectivity index (χ4v) is 5.22. The molecule has 0 saturated carbocycles. The van der Waals surface area contributed by atoms with Crippen LogP contribution in [0.15, 0.2) is 23.0 Å². The highest BCUT2D eigenvalue weighted by atomic mass is 16.5. The van der Waals surface area contributed by atoms with Gasteiger partial charge in [-0.15, -0.1) is 5.10 Å². The fourth-order valence-electron chi connectivity index (χ4n) is 5.22. The molecular formula is C24H32N6O2. The Balaban J connectivity index is 1.62. The van der Waals surface area contributed by atoms with Gasteiger partial charge in [0.1, 0.15) is 6.04 Å². The van der Waals surface area contributed by atoms with Crippen molar-refractivity contribution in [2.24, 2.45) is 5.92 Å². The molecule has 8 heteroatoms. The Morgan fingerprint density at radius 3 is 2.91 bits per heavy atom. The Labute approximate surface area is 188 Å². The van der Waals surface area contributed by atoms with Crippen molar-refractivity contribution in [2.45, 2.75) is 65.1 Å². The molecule has 1 aromatic carbocycles. The molecule has 32 heavy (non-hydrogen) atoms. The number of nitrogens with one attached hydrogen (secondary N) is 1. The van der Waals surface area contributed by atoms with Crippen molar-refractivity contribution >= 4 is 10.9 Å². The van der Waals surface area contributed by atoms with Gasteiger partial charge >= 0.3 is 0 Å². The Kier molecular flexibility index (Phi) is 5.82. The van der Waals surface area contributed by atoms with Gasteiger partial charge in [-0.05, 0) is 85.0 Å². The number of hydrogen-bond acceptors (Lipinski definition) is 6. The molecule has 3 atom stereocenters. The van der Waals surface area contributed by atoms with E-state index in [0.29, 0.717) is 18.0 Å². The normalized spacial score (nSPS) is 23.1. The van der Waals surface area contributed by atoms with Gasteiger partial charge in [0, 0.05) is 18.7 Å². The van der Waals surface area contributed by atoms with Crippen LogP contribution in [0, 0.1) is 19.8 Å². The summed E-state index contributed by atoms with van der Waals surface area (Å²) in [6.07, 6.45) is 4.52. The number of ether oxygens (including phenoxy) is 1. The molecular weight excluding hydrogens is 404 g/mol. The maximum atomic E-state index is 13.4. The molecule has 8 nitrogen and oxygen atoms in total. The first-order valence-corrected chi connectivity index (χ1v) is 11.8. The largest absolute Gasteiger partial charge is 0.376 e. The minimum atomic E-state index is -0.288. The number of fused-ring (bicyclic) bond motifs is 1. The Hall–Kier alpha value is -2.58. The lowest BCUT2D eigenvalue weighted by Crippen LogP contribution is -2.41. The summed E-state index contributed by atoms with van der Waals surface area (Å²) in [5.41, 5.74) is 3.82. The van der Waals surface area contributed by atoms with E-state index in [1.807, 2.05) is 10.7 Å². The highest BCUT2D eigenvalue weighted by Crippen LogP contribution is 2.32. The second-order valence-electron chi connectivity index (χ2n) is 9.52. The molecule has 0 amide bonds. The first-order valence-electron chi connectivity index (χ1n) is 11.8. The van der Waals surface area contributed by atoms with Gasteiger partial charge in [-0.2, -0.15) is 0 Å². The van der Waals surface area contributed by atoms with E-state index in [1.165, 1.54) is 12.0 Å². The van der Waals surface area contributed by atoms with Crippen LogP contribution in [0.1, 0.15) is 61.2 Å². The van der Waals surface area contributed by atoms with Gasteiger partial charge in [-0.3, -0.25) is 9.69 Å². The number of aromatic amines is 1. The topological polar surface area (TPSA) is 88.9 Å². The maximum Gasteiger partial charge on any atom is 0.253 e. The Bertz CT molecular complexity index is 1160. The molecule has 0 radical (unpaired) electrons. The number of piperidine rings is 1. The van der Waals surface area contributed by atoms with Gasteiger partial charge in [0.25, 0.3) is 5.56 Å². The zero-order chi connectivity index (χ0) is 22.2. The number of nitrogens with zero attached hydrogens (tertiary/aromatic N) is 5. The SMILES string of the molecule is Cc1ccc2cc([C@@H](c3nnnn3C[C@@H]3CCCO3)N3CCC[C@H](C)C3)c(=O)[nH]c2c1C. The first-order chi connectivity index (χ1) is 15.5. The third-order valence-corrected chi connectivity index (χ3v) is 7.13. The van der Waals surface area contributed by atoms with E-state index in [1.54, 1.807) is 0 Å². The maximum absolute atomic E-state index is 13.4. The van der Waals surface area contributed by atoms with Gasteiger partial charge in [-0.1, -0.05) is 19.1 Å². The summed E-state index contributed by atoms with van der Waals surface area (Å²) in [7, 11) is 0. The van der Waals surface area contributed by atoms with E-state index in [4.69, 9.17) is 4.74 Å². The molecule has 0 aliphatic carbocycles. The number of pyridine rings is 1. The van der Waals surface area contributed by atoms with Crippen LogP contribution >= 0.6 is 0 Å². The van der Waals surface area contributed by atoms with Crippen LogP contribution in [-0.4, -0.2) is 55.9 Å². The van der Waals surface area contributed by atoms with E-state index in [2.05, 4.69) is 58.3 Å². The second-order valence-corrected chi connectivity index (χ2v) is 9.52. The van der Waals surface area contributed by atoms with E-state index in [0.717, 1.165) is 61.2 Å². The van der Waals surface area contributed by atoms with Gasteiger partial charge in [0.15, 0.2) is 5.82 Å². The quantitative estimate of drug-likeness (QED) is 0.661. The number of likely N-dealkylation sites (tertiary alicyclic amines) is 1. The third kappa shape index (κ3) is 3.97. The summed E-state index contributed by atoms with van der Waals surface area (Å²) in [6.45, 7) is 9.64. The first kappa shape index (κ1) is 21.3. The van der Waals surface area contributed by atoms with Crippen molar-refractivity contribution in [3.05, 3.63) is 51.1 Å². The molecule has 2 fully saturated rings. The molecule has 170 valence electrons. The number of tetrazole rings is 1. The van der Waals surface area contributed by atoms with E-state index >= 15 is 0 Å². The van der Waals surface area contributed by atoms with Gasteiger partial charge in [0.05, 0.1) is 18.2 Å². The summed E-state index contributed by atoms with van der Waals surface area (Å²) in [5, 5.41) is 13.8. The number of aromatic nitrogens is 5. The highest BCUT2D eigenvalue weighted by Gasteiger charge is 2.33. The van der Waals surface area contributed by atoms with Crippen molar-refractivity contribution in [1.29, 1.82) is 0 Å². The van der Waals surface area contributed by atoms with Crippen molar-refractivity contribution in [2.75, 3.05) is 19.7 Å². The standard InChI is InChI=1S/C24H32N6O2/c1-15-6-4-10-29(13-15)22(23-26-27-28-30(23)14-19-7-5-11-32-19)20-12-18-9-8-16(2)17(3)21(18)25-24(20)31/h8-9,12,15,19,22H,4-7,10-11,13-14H2,1-3H3,(H,25,31)/t15-,19-,22-/m0/s1. The molecule has 3 aromatic rings. The predicted molar refractivity (Wildman–Crippen MR) is 123 cm³/mol. The molecule has 0 spiro atoms. The monoisotopic (exact) mass is 436 g/mol. The average Bonchev–Trinajstić information content (AvgIpc) is 3.45. The summed E-state index contributed by atoms with van der Waals surface area (Å²) in [5.74, 6) is 1.29. The van der Waals surface area contributed by atoms with Crippen LogP contribution in [-0.2, 0) is 11.3 Å². The lowest BCUT2D eigenvalue weighted by atomic mass is 9.95. The molecule has 2 aromatic heterocycles. The summed E-state index contributed by atoms with van der Waals surface area (Å²) in [6, 6.07) is 5.95. The zero-order valence-electron chi connectivity index (χ0n) is 19.2. The van der Waals surface area contributed by atoms with Crippen LogP contribution < -0.4 is 5.56 Å². The molecule has 2 aliphatic heterocycles. The highest BCUT2D eigenvalue weighted by molar-refractivity contribution is 5.83. The van der Waals surface area contributed by atoms with E-state index in [9.17, 15) is 4.79 Å². The molecule has 0 bridgehead atoms. The Morgan fingerprint density at radius 1 is 1.25 bits per heavy atom. The third-order valence-electron chi connectivity index (χ3n) is 7.13. The van der Waals surface area contributed by atoms with Crippen molar-refractivity contribution < 1.29 is 4.74 Å². The number of hydrogen-bond donors (Lipinski definition) is 1. The predicted octanol–water partition coefficient (Wildman–Crippen LogP) is 3.13. The van der Waals surface area contributed by atoms with Gasteiger partial charge in [0.2, 0.25) is 0 Å². The average molecular weight is 437 g/mol. The van der Waals surface area contributed by atoms with Crippen LogP contribution in [0.3, 0.4) is 0 Å². The number of benzene rings is 1. The Morgan fingerprint density at radius 2 is 2.12 bits per heavy atom. The molecule has 4 heterocycles. The molecule has 0 unspecified atom stereocenters.